The molecule has 21 heavy (non-hydrogen) atoms. The van der Waals surface area contributed by atoms with Gasteiger partial charge in [0.25, 0.3) is 0 Å². The first-order valence-electron chi connectivity index (χ1n) is 7.75. The van der Waals surface area contributed by atoms with Crippen LogP contribution in [0.5, 0.6) is 0 Å². The minimum Gasteiger partial charge on any atom is -0.240 e. The molecule has 1 aromatic heterocycles. The summed E-state index contributed by atoms with van der Waals surface area (Å²) in [6, 6.07) is 8.70. The van der Waals surface area contributed by atoms with Crippen LogP contribution in [0.15, 0.2) is 40.8 Å². The van der Waals surface area contributed by atoms with Crippen molar-refractivity contribution in [3.63, 3.8) is 0 Å². The van der Waals surface area contributed by atoms with Gasteiger partial charge < -0.3 is 0 Å². The monoisotopic (exact) mass is 298 g/mol. The van der Waals surface area contributed by atoms with Crippen molar-refractivity contribution >= 4 is 22.3 Å². The highest BCUT2D eigenvalue weighted by Crippen LogP contribution is 2.38. The summed E-state index contributed by atoms with van der Waals surface area (Å²) in [4.78, 5) is 8.41. The minimum absolute atomic E-state index is 0.131. The van der Waals surface area contributed by atoms with Crippen LogP contribution in [0.1, 0.15) is 43.2 Å². The lowest BCUT2D eigenvalue weighted by Crippen LogP contribution is -2.39. The molecule has 1 aliphatic carbocycles. The molecule has 1 saturated carbocycles. The Bertz CT molecular complexity index is 654. The van der Waals surface area contributed by atoms with Gasteiger partial charge in [0.15, 0.2) is 0 Å². The Kier molecular flexibility index (Phi) is 3.26. The number of benzene rings is 1. The van der Waals surface area contributed by atoms with Crippen molar-refractivity contribution in [3.05, 3.63) is 47.0 Å². The Labute approximate surface area is 129 Å². The van der Waals surface area contributed by atoms with Gasteiger partial charge in [0.1, 0.15) is 0 Å². The number of nitrogens with zero attached hydrogens (tertiary/aromatic N) is 1. The fourth-order valence-corrected chi connectivity index (χ4v) is 4.17. The van der Waals surface area contributed by atoms with Crippen LogP contribution in [0.2, 0.25) is 0 Å². The molecular formula is C17H20N3S+. The van der Waals surface area contributed by atoms with E-state index in [2.05, 4.69) is 34.6 Å². The molecule has 0 radical (unpaired) electrons. The van der Waals surface area contributed by atoms with Crippen molar-refractivity contribution in [3.8, 4) is 0 Å². The second kappa shape index (κ2) is 5.26. The van der Waals surface area contributed by atoms with Gasteiger partial charge in [-0.25, -0.2) is 15.3 Å². The average molecular weight is 298 g/mol. The molecule has 4 rings (SSSR count). The summed E-state index contributed by atoms with van der Waals surface area (Å²) in [5, 5.41) is 6.60. The molecule has 108 valence electrons. The molecule has 4 heteroatoms. The number of fused-ring (bicyclic) bond motifs is 1. The van der Waals surface area contributed by atoms with Crippen LogP contribution in [-0.4, -0.2) is 11.4 Å². The zero-order valence-electron chi connectivity index (χ0n) is 12.1. The summed E-state index contributed by atoms with van der Waals surface area (Å²) in [6.45, 7) is 0. The number of aromatic amines is 1. The Hall–Kier alpha value is -1.68. The number of H-pyrrole nitrogens is 1. The van der Waals surface area contributed by atoms with Gasteiger partial charge >= 0.3 is 5.13 Å². The zero-order valence-corrected chi connectivity index (χ0v) is 12.9. The van der Waals surface area contributed by atoms with E-state index in [1.807, 2.05) is 11.6 Å². The number of amidine groups is 1. The third-order valence-electron chi connectivity index (χ3n) is 4.63. The predicted octanol–water partition coefficient (Wildman–Crippen LogP) is 3.68. The van der Waals surface area contributed by atoms with Crippen molar-refractivity contribution < 1.29 is 4.98 Å². The lowest BCUT2D eigenvalue weighted by atomic mass is 9.75. The number of thiazole rings is 1. The molecule has 0 bridgehead atoms. The normalized spacial score (nSPS) is 19.9. The molecule has 1 aliphatic heterocycles. The Morgan fingerprint density at radius 2 is 2.00 bits per heavy atom. The number of anilines is 1. The minimum atomic E-state index is 0.131. The number of hydrogen-bond acceptors (Lipinski definition) is 3. The quantitative estimate of drug-likeness (QED) is 0.857. The summed E-state index contributed by atoms with van der Waals surface area (Å²) >= 11 is 1.68. The maximum absolute atomic E-state index is 5.18. The van der Waals surface area contributed by atoms with Crippen LogP contribution in [-0.2, 0) is 6.42 Å². The molecule has 0 saturated heterocycles. The van der Waals surface area contributed by atoms with E-state index in [-0.39, 0.29) is 5.54 Å². The van der Waals surface area contributed by atoms with Crippen LogP contribution < -0.4 is 10.3 Å². The Morgan fingerprint density at radius 1 is 1.14 bits per heavy atom. The van der Waals surface area contributed by atoms with E-state index >= 15 is 0 Å². The fraction of sp³-hybridized carbons (Fsp3) is 0.412. The molecule has 0 atom stereocenters. The van der Waals surface area contributed by atoms with E-state index in [0.717, 1.165) is 17.4 Å². The average Bonchev–Trinajstić information content (AvgIpc) is 3.01. The largest absolute Gasteiger partial charge is 0.337 e. The predicted molar refractivity (Wildman–Crippen MR) is 87.0 cm³/mol. The SMILES string of the molecule is c1ccc2c(c1)CC1(CCCCC1)N=C2Nc1[nH+]ccs1. The molecule has 0 unspecified atom stereocenters. The van der Waals surface area contributed by atoms with Gasteiger partial charge in [-0.2, -0.15) is 0 Å². The van der Waals surface area contributed by atoms with Gasteiger partial charge in [-0.3, -0.25) is 0 Å². The number of aromatic nitrogens is 1. The Balaban J connectivity index is 1.75. The van der Waals surface area contributed by atoms with Gasteiger partial charge in [-0.1, -0.05) is 48.8 Å². The summed E-state index contributed by atoms with van der Waals surface area (Å²) in [5.41, 5.74) is 2.83. The van der Waals surface area contributed by atoms with Gasteiger partial charge in [0.05, 0.1) is 11.7 Å². The van der Waals surface area contributed by atoms with Gasteiger partial charge in [-0.15, -0.1) is 0 Å². The lowest BCUT2D eigenvalue weighted by molar-refractivity contribution is -0.354. The smallest absolute Gasteiger partial charge is 0.240 e. The molecule has 0 amide bonds. The van der Waals surface area contributed by atoms with E-state index in [1.165, 1.54) is 43.2 Å². The van der Waals surface area contributed by atoms with Crippen molar-refractivity contribution in [1.82, 2.24) is 0 Å². The molecule has 2 heterocycles. The lowest BCUT2D eigenvalue weighted by Gasteiger charge is -2.37. The number of hydrogen-bond donors (Lipinski definition) is 1. The van der Waals surface area contributed by atoms with E-state index in [9.17, 15) is 0 Å². The molecule has 1 fully saturated rings. The third-order valence-corrected chi connectivity index (χ3v) is 5.35. The first-order chi connectivity index (χ1) is 10.3. The Morgan fingerprint density at radius 3 is 2.81 bits per heavy atom. The highest BCUT2D eigenvalue weighted by molar-refractivity contribution is 7.13. The first kappa shape index (κ1) is 13.0. The number of rotatable bonds is 1. The maximum Gasteiger partial charge on any atom is 0.337 e. The van der Waals surface area contributed by atoms with E-state index in [0.29, 0.717) is 0 Å². The van der Waals surface area contributed by atoms with E-state index in [4.69, 9.17) is 4.99 Å². The molecule has 1 aromatic carbocycles. The molecule has 2 aromatic rings. The first-order valence-corrected chi connectivity index (χ1v) is 8.63. The number of nitrogens with one attached hydrogen (secondary N) is 2. The van der Waals surface area contributed by atoms with Crippen LogP contribution >= 0.6 is 11.3 Å². The molecular weight excluding hydrogens is 278 g/mol. The van der Waals surface area contributed by atoms with E-state index < -0.39 is 0 Å². The van der Waals surface area contributed by atoms with Crippen LogP contribution in [0.25, 0.3) is 0 Å². The molecule has 2 N–H and O–H groups in total. The van der Waals surface area contributed by atoms with Crippen LogP contribution in [0.3, 0.4) is 0 Å². The van der Waals surface area contributed by atoms with Crippen molar-refractivity contribution in [1.29, 1.82) is 0 Å². The zero-order chi connectivity index (χ0) is 14.1. The van der Waals surface area contributed by atoms with E-state index in [1.54, 1.807) is 11.3 Å². The van der Waals surface area contributed by atoms with Crippen LogP contribution in [0, 0.1) is 0 Å². The summed E-state index contributed by atoms with van der Waals surface area (Å²) < 4.78 is 0. The molecule has 2 aliphatic rings. The standard InChI is InChI=1S/C17H19N3S/c1-4-8-17(9-5-1)12-13-6-2-3-7-14(13)15(20-17)19-16-18-10-11-21-16/h2-3,6-7,10-11H,1,4-5,8-9,12H2,(H,18,19,20)/p+1. The second-order valence-electron chi connectivity index (χ2n) is 6.10. The highest BCUT2D eigenvalue weighted by Gasteiger charge is 2.37. The van der Waals surface area contributed by atoms with Crippen molar-refractivity contribution in [2.24, 2.45) is 4.99 Å². The van der Waals surface area contributed by atoms with Gasteiger partial charge in [-0.05, 0) is 30.9 Å². The second-order valence-corrected chi connectivity index (χ2v) is 7.01. The fourth-order valence-electron chi connectivity index (χ4n) is 3.61. The summed E-state index contributed by atoms with van der Waals surface area (Å²) in [5.74, 6) is 1.04. The molecule has 1 spiro atoms. The highest BCUT2D eigenvalue weighted by atomic mass is 32.1. The van der Waals surface area contributed by atoms with Crippen molar-refractivity contribution in [2.45, 2.75) is 44.1 Å². The van der Waals surface area contributed by atoms with Crippen molar-refractivity contribution in [2.75, 3.05) is 5.32 Å². The third kappa shape index (κ3) is 2.48. The van der Waals surface area contributed by atoms with Crippen LogP contribution in [0.4, 0.5) is 5.13 Å². The maximum atomic E-state index is 5.18. The summed E-state index contributed by atoms with van der Waals surface area (Å²) in [6.07, 6.45) is 9.48. The molecule has 3 nitrogen and oxygen atoms in total. The summed E-state index contributed by atoms with van der Waals surface area (Å²) in [7, 11) is 0. The topological polar surface area (TPSA) is 38.5 Å². The number of aliphatic imine (C=N–C) groups is 1. The van der Waals surface area contributed by atoms with Gasteiger partial charge in [0.2, 0.25) is 5.84 Å². The van der Waals surface area contributed by atoms with Gasteiger partial charge in [0, 0.05) is 10.9 Å².